The smallest absolute Gasteiger partial charge is 0.264 e. The number of hydrogen-bond donors (Lipinski definition) is 1. The standard InChI is InChI=1S/C29H34FN3O5S/c1-21(2)18-31-29(35)22(3)32(19-23-10-14-26(38-4)15-11-23)28(34)20-33(25-8-6-5-7-9-25)39(36,37)27-16-12-24(30)13-17-27/h5-17,21-22H,18-20H2,1-4H3,(H,31,35)/t22-/m0/s1. The predicted octanol–water partition coefficient (Wildman–Crippen LogP) is 4.22. The van der Waals surface area contributed by atoms with Crippen LogP contribution >= 0.6 is 0 Å². The van der Waals surface area contributed by atoms with Crippen molar-refractivity contribution in [3.8, 4) is 5.75 Å². The Morgan fingerprint density at radius 1 is 0.923 bits per heavy atom. The summed E-state index contributed by atoms with van der Waals surface area (Å²) in [4.78, 5) is 28.0. The molecule has 0 spiro atoms. The minimum atomic E-state index is -4.25. The van der Waals surface area contributed by atoms with Gasteiger partial charge in [0.25, 0.3) is 10.0 Å². The summed E-state index contributed by atoms with van der Waals surface area (Å²) >= 11 is 0. The van der Waals surface area contributed by atoms with Gasteiger partial charge in [-0.2, -0.15) is 0 Å². The van der Waals surface area contributed by atoms with Crippen LogP contribution in [0.4, 0.5) is 10.1 Å². The third kappa shape index (κ3) is 7.79. The molecule has 0 radical (unpaired) electrons. The van der Waals surface area contributed by atoms with Crippen molar-refractivity contribution >= 4 is 27.5 Å². The lowest BCUT2D eigenvalue weighted by molar-refractivity contribution is -0.139. The van der Waals surface area contributed by atoms with Gasteiger partial charge >= 0.3 is 0 Å². The Balaban J connectivity index is 1.97. The van der Waals surface area contributed by atoms with Crippen LogP contribution in [0.15, 0.2) is 83.8 Å². The number of amides is 2. The quantitative estimate of drug-likeness (QED) is 0.361. The first-order valence-electron chi connectivity index (χ1n) is 12.6. The molecule has 0 aromatic heterocycles. The van der Waals surface area contributed by atoms with Crippen molar-refractivity contribution in [1.82, 2.24) is 10.2 Å². The number of nitrogens with one attached hydrogen (secondary N) is 1. The maximum atomic E-state index is 13.8. The molecule has 0 aliphatic carbocycles. The monoisotopic (exact) mass is 555 g/mol. The molecule has 0 saturated heterocycles. The molecular formula is C29H34FN3O5S. The van der Waals surface area contributed by atoms with Crippen molar-refractivity contribution in [2.24, 2.45) is 5.92 Å². The van der Waals surface area contributed by atoms with Crippen LogP contribution in [0.25, 0.3) is 0 Å². The van der Waals surface area contributed by atoms with E-state index < -0.39 is 34.3 Å². The second-order valence-electron chi connectivity index (χ2n) is 9.49. The van der Waals surface area contributed by atoms with Gasteiger partial charge in [0, 0.05) is 13.1 Å². The number of anilines is 1. The molecule has 1 N–H and O–H groups in total. The lowest BCUT2D eigenvalue weighted by Gasteiger charge is -2.32. The number of sulfonamides is 1. The van der Waals surface area contributed by atoms with Crippen molar-refractivity contribution in [3.63, 3.8) is 0 Å². The fourth-order valence-electron chi connectivity index (χ4n) is 3.82. The van der Waals surface area contributed by atoms with Crippen molar-refractivity contribution in [1.29, 1.82) is 0 Å². The number of hydrogen-bond acceptors (Lipinski definition) is 5. The van der Waals surface area contributed by atoms with E-state index >= 15 is 0 Å². The Morgan fingerprint density at radius 2 is 1.54 bits per heavy atom. The molecule has 0 fully saturated rings. The zero-order chi connectivity index (χ0) is 28.6. The van der Waals surface area contributed by atoms with Crippen LogP contribution in [-0.2, 0) is 26.2 Å². The topological polar surface area (TPSA) is 96.0 Å². The van der Waals surface area contributed by atoms with Crippen molar-refractivity contribution in [2.75, 3.05) is 24.5 Å². The first kappa shape index (κ1) is 29.6. The molecule has 0 aliphatic heterocycles. The zero-order valence-corrected chi connectivity index (χ0v) is 23.3. The van der Waals surface area contributed by atoms with Crippen molar-refractivity contribution < 1.29 is 27.1 Å². The van der Waals surface area contributed by atoms with E-state index in [1.54, 1.807) is 68.6 Å². The van der Waals surface area contributed by atoms with E-state index in [4.69, 9.17) is 4.74 Å². The van der Waals surface area contributed by atoms with Crippen molar-refractivity contribution in [2.45, 2.75) is 38.3 Å². The molecule has 0 saturated carbocycles. The Hall–Kier alpha value is -3.92. The second-order valence-corrected chi connectivity index (χ2v) is 11.3. The highest BCUT2D eigenvalue weighted by molar-refractivity contribution is 7.92. The lowest BCUT2D eigenvalue weighted by atomic mass is 10.1. The fourth-order valence-corrected chi connectivity index (χ4v) is 5.23. The highest BCUT2D eigenvalue weighted by atomic mass is 32.2. The van der Waals surface area contributed by atoms with Crippen LogP contribution in [0.5, 0.6) is 5.75 Å². The molecule has 10 heteroatoms. The van der Waals surface area contributed by atoms with E-state index in [9.17, 15) is 22.4 Å². The highest BCUT2D eigenvalue weighted by Crippen LogP contribution is 2.25. The average Bonchev–Trinajstić information content (AvgIpc) is 2.93. The third-order valence-corrected chi connectivity index (χ3v) is 7.88. The van der Waals surface area contributed by atoms with Gasteiger partial charge in [0.1, 0.15) is 24.2 Å². The van der Waals surface area contributed by atoms with Crippen LogP contribution in [-0.4, -0.2) is 51.4 Å². The number of para-hydroxylation sites is 1. The zero-order valence-electron chi connectivity index (χ0n) is 22.5. The lowest BCUT2D eigenvalue weighted by Crippen LogP contribution is -2.51. The van der Waals surface area contributed by atoms with Crippen LogP contribution in [0.3, 0.4) is 0 Å². The van der Waals surface area contributed by atoms with E-state index in [2.05, 4.69) is 5.32 Å². The van der Waals surface area contributed by atoms with E-state index in [0.717, 1.165) is 34.1 Å². The Kier molecular flexibility index (Phi) is 10.1. The van der Waals surface area contributed by atoms with Gasteiger partial charge in [-0.05, 0) is 66.9 Å². The van der Waals surface area contributed by atoms with Gasteiger partial charge in [0.2, 0.25) is 11.8 Å². The number of nitrogens with zero attached hydrogens (tertiary/aromatic N) is 2. The molecule has 3 rings (SSSR count). The minimum Gasteiger partial charge on any atom is -0.497 e. The number of ether oxygens (including phenoxy) is 1. The molecule has 8 nitrogen and oxygen atoms in total. The minimum absolute atomic E-state index is 0.0678. The molecule has 0 heterocycles. The number of benzene rings is 3. The molecule has 3 aromatic rings. The van der Waals surface area contributed by atoms with E-state index in [1.165, 1.54) is 4.90 Å². The van der Waals surface area contributed by atoms with Gasteiger partial charge in [0.15, 0.2) is 0 Å². The third-order valence-electron chi connectivity index (χ3n) is 6.09. The first-order chi connectivity index (χ1) is 18.5. The summed E-state index contributed by atoms with van der Waals surface area (Å²) in [5.41, 5.74) is 0.997. The van der Waals surface area contributed by atoms with Gasteiger partial charge in [0.05, 0.1) is 17.7 Å². The summed E-state index contributed by atoms with van der Waals surface area (Å²) in [6.45, 7) is 5.47. The number of rotatable bonds is 12. The Bertz CT molecular complexity index is 1350. The van der Waals surface area contributed by atoms with E-state index in [-0.39, 0.29) is 29.0 Å². The molecule has 0 unspecified atom stereocenters. The van der Waals surface area contributed by atoms with Gasteiger partial charge in [-0.1, -0.05) is 44.2 Å². The maximum Gasteiger partial charge on any atom is 0.264 e. The maximum absolute atomic E-state index is 13.8. The van der Waals surface area contributed by atoms with Crippen molar-refractivity contribution in [3.05, 3.63) is 90.2 Å². The van der Waals surface area contributed by atoms with Crippen LogP contribution < -0.4 is 14.4 Å². The number of carbonyl (C=O) groups is 2. The van der Waals surface area contributed by atoms with E-state index in [1.807, 2.05) is 13.8 Å². The highest BCUT2D eigenvalue weighted by Gasteiger charge is 2.32. The van der Waals surface area contributed by atoms with Crippen LogP contribution in [0.1, 0.15) is 26.3 Å². The summed E-state index contributed by atoms with van der Waals surface area (Å²) in [6, 6.07) is 18.8. The predicted molar refractivity (Wildman–Crippen MR) is 148 cm³/mol. The molecular weight excluding hydrogens is 521 g/mol. The number of carbonyl (C=O) groups excluding carboxylic acids is 2. The summed E-state index contributed by atoms with van der Waals surface area (Å²) in [5.74, 6) is -0.657. The SMILES string of the molecule is COc1ccc(CN(C(=O)CN(c2ccccc2)S(=O)(=O)c2ccc(F)cc2)[C@@H](C)C(=O)NCC(C)C)cc1. The number of methoxy groups -OCH3 is 1. The molecule has 3 aromatic carbocycles. The second kappa shape index (κ2) is 13.2. The van der Waals surface area contributed by atoms with Gasteiger partial charge in [-0.25, -0.2) is 12.8 Å². The molecule has 39 heavy (non-hydrogen) atoms. The summed E-state index contributed by atoms with van der Waals surface area (Å²) in [5, 5.41) is 2.85. The molecule has 0 aliphatic rings. The molecule has 1 atom stereocenters. The average molecular weight is 556 g/mol. The van der Waals surface area contributed by atoms with Gasteiger partial charge < -0.3 is 15.0 Å². The Morgan fingerprint density at radius 3 is 2.10 bits per heavy atom. The summed E-state index contributed by atoms with van der Waals surface area (Å²) in [7, 11) is -2.70. The number of halogens is 1. The fraction of sp³-hybridized carbons (Fsp3) is 0.310. The van der Waals surface area contributed by atoms with Crippen LogP contribution in [0, 0.1) is 11.7 Å². The molecule has 0 bridgehead atoms. The largest absolute Gasteiger partial charge is 0.497 e. The normalized spacial score (nSPS) is 12.1. The van der Waals surface area contributed by atoms with Crippen LogP contribution in [0.2, 0.25) is 0 Å². The summed E-state index contributed by atoms with van der Waals surface area (Å²) in [6.07, 6.45) is 0. The van der Waals surface area contributed by atoms with Gasteiger partial charge in [-0.15, -0.1) is 0 Å². The van der Waals surface area contributed by atoms with Gasteiger partial charge in [-0.3, -0.25) is 13.9 Å². The summed E-state index contributed by atoms with van der Waals surface area (Å²) < 4.78 is 47.0. The Labute approximate surface area is 229 Å². The molecule has 208 valence electrons. The van der Waals surface area contributed by atoms with E-state index in [0.29, 0.717) is 12.3 Å². The first-order valence-corrected chi connectivity index (χ1v) is 14.0. The molecule has 2 amide bonds.